The molecule has 19 heavy (non-hydrogen) atoms. The second kappa shape index (κ2) is 6.30. The first-order valence-corrected chi connectivity index (χ1v) is 7.51. The van der Waals surface area contributed by atoms with Gasteiger partial charge in [-0.05, 0) is 30.5 Å². The van der Waals surface area contributed by atoms with Crippen LogP contribution in [0.1, 0.15) is 36.9 Å². The van der Waals surface area contributed by atoms with Gasteiger partial charge in [-0.3, -0.25) is 4.68 Å². The van der Waals surface area contributed by atoms with Crippen LogP contribution in [0.5, 0.6) is 0 Å². The molecule has 0 aliphatic rings. The molecule has 2 aromatic heterocycles. The fourth-order valence-electron chi connectivity index (χ4n) is 1.81. The van der Waals surface area contributed by atoms with Crippen LogP contribution in [-0.2, 0) is 18.5 Å². The average Bonchev–Trinajstić information content (AvgIpc) is 2.97. The summed E-state index contributed by atoms with van der Waals surface area (Å²) < 4.78 is 1.87. The fraction of sp³-hybridized carbons (Fsp3) is 0.571. The van der Waals surface area contributed by atoms with Crippen LogP contribution in [0.25, 0.3) is 0 Å². The third-order valence-corrected chi connectivity index (χ3v) is 4.42. The molecule has 0 aromatic carbocycles. The summed E-state index contributed by atoms with van der Waals surface area (Å²) in [4.78, 5) is 2.86. The number of hydrogen-bond donors (Lipinski definition) is 1. The maximum absolute atomic E-state index is 3.94. The summed E-state index contributed by atoms with van der Waals surface area (Å²) in [5.74, 6) is 0. The highest BCUT2D eigenvalue weighted by atomic mass is 32.1. The van der Waals surface area contributed by atoms with Crippen molar-refractivity contribution in [3.63, 3.8) is 0 Å². The lowest BCUT2D eigenvalue weighted by molar-refractivity contribution is 0.531. The van der Waals surface area contributed by atoms with E-state index in [0.717, 1.165) is 26.1 Å². The highest BCUT2D eigenvalue weighted by molar-refractivity contribution is 7.12. The maximum atomic E-state index is 3.94. The summed E-state index contributed by atoms with van der Waals surface area (Å²) in [6.07, 6.45) is 4.68. The van der Waals surface area contributed by atoms with E-state index in [1.54, 1.807) is 6.20 Å². The van der Waals surface area contributed by atoms with Crippen LogP contribution in [0.15, 0.2) is 24.5 Å². The Kier molecular flexibility index (Phi) is 4.71. The smallest absolute Gasteiger partial charge is 0.0692 e. The molecule has 104 valence electrons. The largest absolute Gasteiger partial charge is 0.312 e. The van der Waals surface area contributed by atoms with Crippen LogP contribution in [0.4, 0.5) is 0 Å². The van der Waals surface area contributed by atoms with E-state index >= 15 is 0 Å². The Morgan fingerprint density at radius 1 is 1.32 bits per heavy atom. The van der Waals surface area contributed by atoms with Gasteiger partial charge in [0.1, 0.15) is 0 Å². The number of nitrogens with zero attached hydrogens (tertiary/aromatic N) is 3. The lowest BCUT2D eigenvalue weighted by Crippen LogP contribution is -2.16. The highest BCUT2D eigenvalue weighted by Gasteiger charge is 2.15. The van der Waals surface area contributed by atoms with Crippen LogP contribution in [-0.4, -0.2) is 21.5 Å². The zero-order chi connectivity index (χ0) is 13.7. The van der Waals surface area contributed by atoms with Crippen molar-refractivity contribution in [2.75, 3.05) is 6.54 Å². The minimum Gasteiger partial charge on any atom is -0.312 e. The Hall–Kier alpha value is -1.20. The van der Waals surface area contributed by atoms with Gasteiger partial charge in [-0.25, -0.2) is 0 Å². The summed E-state index contributed by atoms with van der Waals surface area (Å²) >= 11 is 1.91. The van der Waals surface area contributed by atoms with Gasteiger partial charge in [-0.1, -0.05) is 26.0 Å². The first-order chi connectivity index (χ1) is 9.05. The molecule has 0 amide bonds. The molecule has 0 bridgehead atoms. The minimum absolute atomic E-state index is 0.260. The average molecular weight is 278 g/mol. The van der Waals surface area contributed by atoms with Crippen LogP contribution < -0.4 is 5.32 Å². The zero-order valence-corrected chi connectivity index (χ0v) is 12.7. The number of aromatic nitrogens is 3. The van der Waals surface area contributed by atoms with E-state index in [1.165, 1.54) is 9.75 Å². The minimum atomic E-state index is 0.260. The molecular formula is C14H22N4S. The van der Waals surface area contributed by atoms with Crippen molar-refractivity contribution in [3.05, 3.63) is 34.3 Å². The van der Waals surface area contributed by atoms with E-state index in [-0.39, 0.29) is 5.41 Å². The topological polar surface area (TPSA) is 42.7 Å². The molecule has 0 unspecified atom stereocenters. The molecule has 0 aliphatic carbocycles. The first kappa shape index (κ1) is 14.2. The molecular weight excluding hydrogens is 256 g/mol. The molecule has 4 nitrogen and oxygen atoms in total. The van der Waals surface area contributed by atoms with Gasteiger partial charge in [-0.15, -0.1) is 16.4 Å². The molecule has 0 fully saturated rings. The number of hydrogen-bond acceptors (Lipinski definition) is 4. The van der Waals surface area contributed by atoms with Crippen molar-refractivity contribution < 1.29 is 0 Å². The van der Waals surface area contributed by atoms with Crippen LogP contribution in [0.2, 0.25) is 0 Å². The van der Waals surface area contributed by atoms with Gasteiger partial charge < -0.3 is 5.32 Å². The zero-order valence-electron chi connectivity index (χ0n) is 11.9. The standard InChI is InChI=1S/C14H22N4S/c1-14(2,3)13-6-5-12(19-13)11-15-7-4-9-18-10-8-16-17-18/h5-6,8,10,15H,4,7,9,11H2,1-3H3. The second-order valence-electron chi connectivity index (χ2n) is 5.71. The van der Waals surface area contributed by atoms with E-state index in [4.69, 9.17) is 0 Å². The monoisotopic (exact) mass is 278 g/mol. The predicted molar refractivity (Wildman–Crippen MR) is 79.4 cm³/mol. The number of rotatable bonds is 6. The van der Waals surface area contributed by atoms with Crippen LogP contribution >= 0.6 is 11.3 Å². The van der Waals surface area contributed by atoms with Gasteiger partial charge in [0.2, 0.25) is 0 Å². The Bertz CT molecular complexity index is 482. The Balaban J connectivity index is 1.67. The van der Waals surface area contributed by atoms with E-state index in [9.17, 15) is 0 Å². The highest BCUT2D eigenvalue weighted by Crippen LogP contribution is 2.29. The fourth-order valence-corrected chi connectivity index (χ4v) is 2.84. The van der Waals surface area contributed by atoms with E-state index in [2.05, 4.69) is 48.5 Å². The number of aryl methyl sites for hydroxylation is 1. The summed E-state index contributed by atoms with van der Waals surface area (Å²) in [7, 11) is 0. The van der Waals surface area contributed by atoms with E-state index in [0.29, 0.717) is 0 Å². The molecule has 2 rings (SSSR count). The van der Waals surface area contributed by atoms with Gasteiger partial charge >= 0.3 is 0 Å². The Labute approximate surface area is 118 Å². The predicted octanol–water partition coefficient (Wildman–Crippen LogP) is 2.82. The Morgan fingerprint density at radius 3 is 2.79 bits per heavy atom. The Morgan fingerprint density at radius 2 is 2.16 bits per heavy atom. The molecule has 2 aromatic rings. The van der Waals surface area contributed by atoms with Gasteiger partial charge in [0.05, 0.1) is 6.20 Å². The van der Waals surface area contributed by atoms with Crippen molar-refractivity contribution in [3.8, 4) is 0 Å². The molecule has 2 heterocycles. The molecule has 5 heteroatoms. The van der Waals surface area contributed by atoms with Crippen LogP contribution in [0, 0.1) is 0 Å². The summed E-state index contributed by atoms with van der Waals surface area (Å²) in [5, 5.41) is 11.2. The molecule has 1 N–H and O–H groups in total. The summed E-state index contributed by atoms with van der Waals surface area (Å²) in [6, 6.07) is 4.48. The lowest BCUT2D eigenvalue weighted by atomic mass is 9.95. The van der Waals surface area contributed by atoms with Crippen molar-refractivity contribution in [1.82, 2.24) is 20.3 Å². The van der Waals surface area contributed by atoms with Crippen molar-refractivity contribution in [1.29, 1.82) is 0 Å². The lowest BCUT2D eigenvalue weighted by Gasteiger charge is -2.15. The SMILES string of the molecule is CC(C)(C)c1ccc(CNCCCn2ccnn2)s1. The third-order valence-electron chi connectivity index (χ3n) is 2.91. The maximum Gasteiger partial charge on any atom is 0.0692 e. The van der Waals surface area contributed by atoms with E-state index < -0.39 is 0 Å². The van der Waals surface area contributed by atoms with Crippen molar-refractivity contribution >= 4 is 11.3 Å². The van der Waals surface area contributed by atoms with Gasteiger partial charge in [0.25, 0.3) is 0 Å². The normalized spacial score (nSPS) is 11.9. The number of thiophene rings is 1. The molecule has 0 atom stereocenters. The molecule has 0 spiro atoms. The number of nitrogens with one attached hydrogen (secondary N) is 1. The van der Waals surface area contributed by atoms with Gasteiger partial charge in [0.15, 0.2) is 0 Å². The van der Waals surface area contributed by atoms with Gasteiger partial charge in [0, 0.05) is 29.0 Å². The molecule has 0 radical (unpaired) electrons. The summed E-state index contributed by atoms with van der Waals surface area (Å²) in [6.45, 7) is 9.65. The second-order valence-corrected chi connectivity index (χ2v) is 6.88. The summed E-state index contributed by atoms with van der Waals surface area (Å²) in [5.41, 5.74) is 0.260. The molecule has 0 saturated heterocycles. The first-order valence-electron chi connectivity index (χ1n) is 6.70. The molecule has 0 saturated carbocycles. The van der Waals surface area contributed by atoms with Crippen molar-refractivity contribution in [2.45, 2.75) is 45.7 Å². The third kappa shape index (κ3) is 4.44. The van der Waals surface area contributed by atoms with Gasteiger partial charge in [-0.2, -0.15) is 0 Å². The molecule has 0 aliphatic heterocycles. The quantitative estimate of drug-likeness (QED) is 0.826. The van der Waals surface area contributed by atoms with Crippen molar-refractivity contribution in [2.24, 2.45) is 0 Å². The van der Waals surface area contributed by atoms with Crippen LogP contribution in [0.3, 0.4) is 0 Å². The van der Waals surface area contributed by atoms with E-state index in [1.807, 2.05) is 22.2 Å².